The van der Waals surface area contributed by atoms with Crippen LogP contribution in [-0.2, 0) is 6.42 Å². The minimum atomic E-state index is 0.00293. The number of likely N-dealkylation sites (N-methyl/N-ethyl adjacent to an activating group) is 1. The predicted octanol–water partition coefficient (Wildman–Crippen LogP) is 4.60. The number of rotatable bonds is 7. The van der Waals surface area contributed by atoms with Crippen molar-refractivity contribution in [3.05, 3.63) is 83.8 Å². The van der Waals surface area contributed by atoms with Gasteiger partial charge in [-0.15, -0.1) is 0 Å². The quantitative estimate of drug-likeness (QED) is 0.500. The molecule has 0 spiro atoms. The predicted molar refractivity (Wildman–Crippen MR) is 112 cm³/mol. The fourth-order valence-corrected chi connectivity index (χ4v) is 3.45. The Labute approximate surface area is 169 Å². The number of oxazole rings is 1. The first-order valence-corrected chi connectivity index (χ1v) is 9.46. The molecule has 0 saturated carbocycles. The van der Waals surface area contributed by atoms with E-state index in [9.17, 15) is 5.26 Å². The molecule has 0 fully saturated rings. The van der Waals surface area contributed by atoms with Gasteiger partial charge in [0.15, 0.2) is 0 Å². The van der Waals surface area contributed by atoms with Gasteiger partial charge in [-0.1, -0.05) is 42.5 Å². The molecule has 1 unspecified atom stereocenters. The summed E-state index contributed by atoms with van der Waals surface area (Å²) < 4.78 is 11.4. The number of furan rings is 1. The Morgan fingerprint density at radius 2 is 1.93 bits per heavy atom. The Morgan fingerprint density at radius 3 is 2.69 bits per heavy atom. The normalized spacial score (nSPS) is 12.2. The number of anilines is 1. The minimum absolute atomic E-state index is 0.00293. The SMILES string of the molecule is CN(C)C(CNc1oc(Cc2cccc3ccccc23)nc1C#N)c1ccco1. The second-order valence-corrected chi connectivity index (χ2v) is 7.09. The Morgan fingerprint density at radius 1 is 1.10 bits per heavy atom. The lowest BCUT2D eigenvalue weighted by atomic mass is 10.0. The van der Waals surface area contributed by atoms with Crippen molar-refractivity contribution in [2.75, 3.05) is 26.0 Å². The average molecular weight is 386 g/mol. The highest BCUT2D eigenvalue weighted by Crippen LogP contribution is 2.25. The zero-order chi connectivity index (χ0) is 20.2. The van der Waals surface area contributed by atoms with Crippen molar-refractivity contribution >= 4 is 16.7 Å². The standard InChI is InChI=1S/C23H22N4O2/c1-27(2)20(21-11-6-12-28-21)15-25-23-19(14-24)26-22(29-23)13-17-9-5-8-16-7-3-4-10-18(16)17/h3-12,20,25H,13,15H2,1-2H3. The van der Waals surface area contributed by atoms with Gasteiger partial charge in [0.1, 0.15) is 11.8 Å². The van der Waals surface area contributed by atoms with Crippen molar-refractivity contribution in [1.29, 1.82) is 5.26 Å². The highest BCUT2D eigenvalue weighted by molar-refractivity contribution is 5.85. The van der Waals surface area contributed by atoms with E-state index < -0.39 is 0 Å². The summed E-state index contributed by atoms with van der Waals surface area (Å²) in [6, 6.07) is 20.3. The summed E-state index contributed by atoms with van der Waals surface area (Å²) in [6.45, 7) is 0.526. The second kappa shape index (κ2) is 8.21. The van der Waals surface area contributed by atoms with Crippen LogP contribution in [0.25, 0.3) is 10.8 Å². The van der Waals surface area contributed by atoms with E-state index >= 15 is 0 Å². The van der Waals surface area contributed by atoms with Crippen molar-refractivity contribution in [3.63, 3.8) is 0 Å². The van der Waals surface area contributed by atoms with Crippen LogP contribution in [-0.4, -0.2) is 30.5 Å². The largest absolute Gasteiger partial charge is 0.468 e. The maximum absolute atomic E-state index is 9.49. The smallest absolute Gasteiger partial charge is 0.232 e. The zero-order valence-electron chi connectivity index (χ0n) is 16.4. The number of hydrogen-bond acceptors (Lipinski definition) is 6. The summed E-state index contributed by atoms with van der Waals surface area (Å²) in [5.41, 5.74) is 1.37. The van der Waals surface area contributed by atoms with Crippen molar-refractivity contribution in [2.45, 2.75) is 12.5 Å². The Bertz CT molecular complexity index is 1130. The Kier molecular flexibility index (Phi) is 5.32. The summed E-state index contributed by atoms with van der Waals surface area (Å²) in [7, 11) is 3.96. The minimum Gasteiger partial charge on any atom is -0.468 e. The highest BCUT2D eigenvalue weighted by atomic mass is 16.4. The summed E-state index contributed by atoms with van der Waals surface area (Å²) >= 11 is 0. The van der Waals surface area contributed by atoms with Gasteiger partial charge in [-0.05, 0) is 42.6 Å². The van der Waals surface area contributed by atoms with Gasteiger partial charge in [0.2, 0.25) is 17.5 Å². The van der Waals surface area contributed by atoms with Crippen LogP contribution in [0.1, 0.15) is 29.0 Å². The fourth-order valence-electron chi connectivity index (χ4n) is 3.45. The highest BCUT2D eigenvalue weighted by Gasteiger charge is 2.20. The van der Waals surface area contributed by atoms with E-state index in [4.69, 9.17) is 8.83 Å². The molecule has 4 rings (SSSR count). The molecule has 0 aliphatic heterocycles. The monoisotopic (exact) mass is 386 g/mol. The van der Waals surface area contributed by atoms with E-state index in [-0.39, 0.29) is 11.7 Å². The molecule has 6 heteroatoms. The molecular formula is C23H22N4O2. The molecule has 0 bridgehead atoms. The first kappa shape index (κ1) is 18.8. The summed E-state index contributed by atoms with van der Waals surface area (Å²) in [4.78, 5) is 6.44. The lowest BCUT2D eigenvalue weighted by Gasteiger charge is -2.22. The van der Waals surface area contributed by atoms with E-state index in [2.05, 4.69) is 40.6 Å². The van der Waals surface area contributed by atoms with Gasteiger partial charge in [-0.2, -0.15) is 5.26 Å². The van der Waals surface area contributed by atoms with Crippen molar-refractivity contribution in [3.8, 4) is 6.07 Å². The zero-order valence-corrected chi connectivity index (χ0v) is 16.4. The molecule has 2 aromatic heterocycles. The molecule has 146 valence electrons. The number of aromatic nitrogens is 1. The molecule has 2 aromatic carbocycles. The maximum Gasteiger partial charge on any atom is 0.232 e. The van der Waals surface area contributed by atoms with Crippen LogP contribution < -0.4 is 5.32 Å². The summed E-state index contributed by atoms with van der Waals surface area (Å²) in [6.07, 6.45) is 2.18. The van der Waals surface area contributed by atoms with Crippen LogP contribution in [0.5, 0.6) is 0 Å². The summed E-state index contributed by atoms with van der Waals surface area (Å²) in [5.74, 6) is 1.75. The first-order chi connectivity index (χ1) is 14.2. The van der Waals surface area contributed by atoms with Gasteiger partial charge >= 0.3 is 0 Å². The summed E-state index contributed by atoms with van der Waals surface area (Å²) in [5, 5.41) is 15.0. The Hall–Kier alpha value is -3.56. The average Bonchev–Trinajstić information content (AvgIpc) is 3.38. The van der Waals surface area contributed by atoms with Crippen molar-refractivity contribution in [1.82, 2.24) is 9.88 Å². The molecule has 6 nitrogen and oxygen atoms in total. The number of hydrogen-bond donors (Lipinski definition) is 1. The van der Waals surface area contributed by atoms with E-state index in [0.717, 1.165) is 16.7 Å². The number of nitrogens with zero attached hydrogens (tertiary/aromatic N) is 3. The molecule has 0 aliphatic carbocycles. The second-order valence-electron chi connectivity index (χ2n) is 7.09. The van der Waals surface area contributed by atoms with Crippen molar-refractivity contribution in [2.24, 2.45) is 0 Å². The molecule has 0 amide bonds. The third-order valence-corrected chi connectivity index (χ3v) is 4.95. The molecule has 0 radical (unpaired) electrons. The number of fused-ring (bicyclic) bond motifs is 1. The van der Waals surface area contributed by atoms with E-state index in [0.29, 0.717) is 24.7 Å². The molecule has 1 N–H and O–H groups in total. The molecule has 1 atom stereocenters. The number of nitriles is 1. The lowest BCUT2D eigenvalue weighted by Crippen LogP contribution is -2.26. The van der Waals surface area contributed by atoms with Gasteiger partial charge in [-0.25, -0.2) is 4.98 Å². The van der Waals surface area contributed by atoms with Crippen LogP contribution in [0.2, 0.25) is 0 Å². The van der Waals surface area contributed by atoms with Crippen LogP contribution in [0.3, 0.4) is 0 Å². The van der Waals surface area contributed by atoms with Gasteiger partial charge < -0.3 is 14.2 Å². The molecular weight excluding hydrogens is 364 g/mol. The van der Waals surface area contributed by atoms with Gasteiger partial charge in [-0.3, -0.25) is 4.90 Å². The van der Waals surface area contributed by atoms with Crippen LogP contribution in [0, 0.1) is 11.3 Å². The Balaban J connectivity index is 1.55. The number of nitrogens with one attached hydrogen (secondary N) is 1. The van der Waals surface area contributed by atoms with E-state index in [1.807, 2.05) is 49.3 Å². The first-order valence-electron chi connectivity index (χ1n) is 9.46. The van der Waals surface area contributed by atoms with Crippen LogP contribution in [0.4, 0.5) is 5.88 Å². The van der Waals surface area contributed by atoms with Gasteiger partial charge in [0.05, 0.1) is 18.7 Å². The van der Waals surface area contributed by atoms with Gasteiger partial charge in [0.25, 0.3) is 0 Å². The fraction of sp³-hybridized carbons (Fsp3) is 0.217. The van der Waals surface area contributed by atoms with Crippen LogP contribution >= 0.6 is 0 Å². The maximum atomic E-state index is 9.49. The molecule has 4 aromatic rings. The van der Waals surface area contributed by atoms with E-state index in [1.54, 1.807) is 6.26 Å². The lowest BCUT2D eigenvalue weighted by molar-refractivity contribution is 0.268. The van der Waals surface area contributed by atoms with E-state index in [1.165, 1.54) is 5.39 Å². The molecule has 0 saturated heterocycles. The van der Waals surface area contributed by atoms with Crippen LogP contribution in [0.15, 0.2) is 69.7 Å². The van der Waals surface area contributed by atoms with Gasteiger partial charge in [0, 0.05) is 6.54 Å². The molecule has 0 aliphatic rings. The van der Waals surface area contributed by atoms with Crippen molar-refractivity contribution < 1.29 is 8.83 Å². The molecule has 2 heterocycles. The number of benzene rings is 2. The molecule has 29 heavy (non-hydrogen) atoms. The third kappa shape index (κ3) is 4.00. The topological polar surface area (TPSA) is 78.2 Å². The third-order valence-electron chi connectivity index (χ3n) is 4.95.